The fourth-order valence-electron chi connectivity index (χ4n) is 1.60. The molecule has 0 saturated heterocycles. The number of nitrogens with two attached hydrogens (primary N) is 1. The van der Waals surface area contributed by atoms with Gasteiger partial charge in [-0.05, 0) is 42.6 Å². The monoisotopic (exact) mass is 279 g/mol. The van der Waals surface area contributed by atoms with Gasteiger partial charge in [-0.2, -0.15) is 5.10 Å². The van der Waals surface area contributed by atoms with E-state index in [2.05, 4.69) is 5.10 Å². The van der Waals surface area contributed by atoms with Gasteiger partial charge in [0.1, 0.15) is 10.8 Å². The van der Waals surface area contributed by atoms with Gasteiger partial charge in [-0.15, -0.1) is 0 Å². The van der Waals surface area contributed by atoms with Gasteiger partial charge in [-0.3, -0.25) is 9.82 Å². The molecule has 0 atom stereocenters. The average Bonchev–Trinajstić information content (AvgIpc) is 2.82. The highest BCUT2D eigenvalue weighted by atomic mass is 32.2. The van der Waals surface area contributed by atoms with Crippen LogP contribution in [0.3, 0.4) is 0 Å². The number of hydrogen-bond acceptors (Lipinski definition) is 4. The summed E-state index contributed by atoms with van der Waals surface area (Å²) in [6, 6.07) is 9.96. The summed E-state index contributed by atoms with van der Waals surface area (Å²) < 4.78 is 7.06. The van der Waals surface area contributed by atoms with Crippen molar-refractivity contribution in [1.29, 1.82) is 0 Å². The van der Waals surface area contributed by atoms with Gasteiger partial charge < -0.3 is 4.74 Å². The van der Waals surface area contributed by atoms with Crippen molar-refractivity contribution in [3.05, 3.63) is 41.6 Å². The quantitative estimate of drug-likeness (QED) is 0.873. The normalized spacial score (nSPS) is 9.74. The van der Waals surface area contributed by atoms with E-state index in [1.165, 1.54) is 17.5 Å². The summed E-state index contributed by atoms with van der Waals surface area (Å²) >= 11 is 1.17. The summed E-state index contributed by atoms with van der Waals surface area (Å²) in [5, 5.41) is 10.7. The van der Waals surface area contributed by atoms with Crippen LogP contribution in [0.2, 0.25) is 0 Å². The maximum atomic E-state index is 5.49. The van der Waals surface area contributed by atoms with E-state index in [9.17, 15) is 0 Å². The molecule has 5 heteroatoms. The highest BCUT2D eigenvalue weighted by Crippen LogP contribution is 2.15. The highest BCUT2D eigenvalue weighted by Gasteiger charge is 2.04. The predicted octanol–water partition coefficient (Wildman–Crippen LogP) is 3.24. The van der Waals surface area contributed by atoms with Gasteiger partial charge in [0.15, 0.2) is 0 Å². The molecule has 0 aliphatic heterocycles. The Labute approximate surface area is 119 Å². The molecule has 19 heavy (non-hydrogen) atoms. The van der Waals surface area contributed by atoms with Crippen LogP contribution < -0.4 is 9.88 Å². The molecule has 104 valence electrons. The number of ether oxygens (including phenoxy) is 1. The summed E-state index contributed by atoms with van der Waals surface area (Å²) in [7, 11) is 1.66. The van der Waals surface area contributed by atoms with Crippen molar-refractivity contribution in [2.75, 3.05) is 7.11 Å². The zero-order chi connectivity index (χ0) is 14.3. The second-order valence-corrected chi connectivity index (χ2v) is 4.40. The molecule has 0 bridgehead atoms. The maximum absolute atomic E-state index is 5.49. The lowest BCUT2D eigenvalue weighted by atomic mass is 10.2. The van der Waals surface area contributed by atoms with Crippen LogP contribution >= 0.6 is 11.9 Å². The van der Waals surface area contributed by atoms with Crippen molar-refractivity contribution in [1.82, 2.24) is 9.78 Å². The number of hydrogen-bond donors (Lipinski definition) is 1. The van der Waals surface area contributed by atoms with Crippen LogP contribution in [0.5, 0.6) is 5.75 Å². The lowest BCUT2D eigenvalue weighted by Gasteiger charge is -2.05. The van der Waals surface area contributed by atoms with Gasteiger partial charge in [0, 0.05) is 5.69 Å². The SMILES string of the molecule is CC.COc1ccc(Cn2nc(SN)cc2C)cc1. The van der Waals surface area contributed by atoms with Crippen molar-refractivity contribution in [3.63, 3.8) is 0 Å². The van der Waals surface area contributed by atoms with Gasteiger partial charge in [-0.1, -0.05) is 26.0 Å². The van der Waals surface area contributed by atoms with E-state index in [1.807, 2.05) is 55.8 Å². The molecule has 0 aliphatic rings. The first-order valence-electron chi connectivity index (χ1n) is 6.27. The van der Waals surface area contributed by atoms with Crippen LogP contribution in [0.4, 0.5) is 0 Å². The van der Waals surface area contributed by atoms with Crippen molar-refractivity contribution in [3.8, 4) is 5.75 Å². The molecule has 0 amide bonds. The number of benzene rings is 1. The lowest BCUT2D eigenvalue weighted by molar-refractivity contribution is 0.414. The fraction of sp³-hybridized carbons (Fsp3) is 0.357. The van der Waals surface area contributed by atoms with Crippen LogP contribution in [0.15, 0.2) is 35.4 Å². The van der Waals surface area contributed by atoms with Crippen molar-refractivity contribution < 1.29 is 4.74 Å². The first-order chi connectivity index (χ1) is 9.22. The molecule has 4 nitrogen and oxygen atoms in total. The van der Waals surface area contributed by atoms with E-state index in [0.717, 1.165) is 23.0 Å². The molecule has 1 aromatic heterocycles. The molecule has 2 N–H and O–H groups in total. The summed E-state index contributed by atoms with van der Waals surface area (Å²) in [4.78, 5) is 0. The maximum Gasteiger partial charge on any atom is 0.133 e. The topological polar surface area (TPSA) is 53.1 Å². The van der Waals surface area contributed by atoms with Gasteiger partial charge in [0.2, 0.25) is 0 Å². The molecule has 0 spiro atoms. The molecule has 0 fully saturated rings. The van der Waals surface area contributed by atoms with E-state index in [1.54, 1.807) is 7.11 Å². The Kier molecular flexibility index (Phi) is 6.45. The minimum absolute atomic E-state index is 0.746. The molecule has 0 saturated carbocycles. The van der Waals surface area contributed by atoms with Crippen LogP contribution in [0.1, 0.15) is 25.1 Å². The van der Waals surface area contributed by atoms with Gasteiger partial charge in [0.25, 0.3) is 0 Å². The molecular weight excluding hydrogens is 258 g/mol. The number of aryl methyl sites for hydroxylation is 1. The number of methoxy groups -OCH3 is 1. The molecule has 0 unspecified atom stereocenters. The van der Waals surface area contributed by atoms with Gasteiger partial charge in [0.05, 0.1) is 13.7 Å². The summed E-state index contributed by atoms with van der Waals surface area (Å²) in [6.07, 6.45) is 0. The Bertz CT molecular complexity index is 494. The van der Waals surface area contributed by atoms with Crippen molar-refractivity contribution >= 4 is 11.9 Å². The number of rotatable bonds is 4. The Morgan fingerprint density at radius 3 is 2.37 bits per heavy atom. The first-order valence-corrected chi connectivity index (χ1v) is 7.15. The van der Waals surface area contributed by atoms with Crippen molar-refractivity contribution in [2.24, 2.45) is 5.14 Å². The van der Waals surface area contributed by atoms with E-state index in [0.29, 0.717) is 0 Å². The Balaban J connectivity index is 0.000000861. The lowest BCUT2D eigenvalue weighted by Crippen LogP contribution is -2.03. The molecule has 0 radical (unpaired) electrons. The van der Waals surface area contributed by atoms with Crippen molar-refractivity contribution in [2.45, 2.75) is 32.3 Å². The Hall–Kier alpha value is -1.46. The third-order valence-corrected chi connectivity index (χ3v) is 3.01. The zero-order valence-corrected chi connectivity index (χ0v) is 12.7. The molecular formula is C14H21N3OS. The Morgan fingerprint density at radius 1 is 1.26 bits per heavy atom. The molecule has 1 heterocycles. The third kappa shape index (κ3) is 4.29. The smallest absolute Gasteiger partial charge is 0.133 e. The second-order valence-electron chi connectivity index (χ2n) is 3.75. The average molecular weight is 279 g/mol. The second kappa shape index (κ2) is 7.86. The first kappa shape index (κ1) is 15.6. The third-order valence-electron chi connectivity index (χ3n) is 2.57. The van der Waals surface area contributed by atoms with Crippen LogP contribution in [-0.4, -0.2) is 16.9 Å². The molecule has 2 rings (SSSR count). The van der Waals surface area contributed by atoms with Crippen LogP contribution in [-0.2, 0) is 6.54 Å². The zero-order valence-electron chi connectivity index (χ0n) is 11.9. The fourth-order valence-corrected chi connectivity index (χ4v) is 1.99. The number of aromatic nitrogens is 2. The Morgan fingerprint density at radius 2 is 1.89 bits per heavy atom. The van der Waals surface area contributed by atoms with E-state index in [4.69, 9.17) is 9.88 Å². The van der Waals surface area contributed by atoms with Crippen LogP contribution in [0.25, 0.3) is 0 Å². The summed E-state index contributed by atoms with van der Waals surface area (Å²) in [5.74, 6) is 0.865. The standard InChI is InChI=1S/C12H15N3OS.C2H6/c1-9-7-12(17-13)14-15(9)8-10-3-5-11(16-2)6-4-10;1-2/h3-7H,8,13H2,1-2H3;1-2H3. The minimum atomic E-state index is 0.746. The minimum Gasteiger partial charge on any atom is -0.497 e. The predicted molar refractivity (Wildman–Crippen MR) is 80.5 cm³/mol. The van der Waals surface area contributed by atoms with Gasteiger partial charge in [-0.25, -0.2) is 0 Å². The van der Waals surface area contributed by atoms with Gasteiger partial charge >= 0.3 is 0 Å². The molecule has 0 aliphatic carbocycles. The van der Waals surface area contributed by atoms with E-state index in [-0.39, 0.29) is 0 Å². The number of nitrogens with zero attached hydrogens (tertiary/aromatic N) is 2. The van der Waals surface area contributed by atoms with E-state index >= 15 is 0 Å². The van der Waals surface area contributed by atoms with Crippen LogP contribution in [0, 0.1) is 6.92 Å². The summed E-state index contributed by atoms with van der Waals surface area (Å²) in [5.41, 5.74) is 2.29. The van der Waals surface area contributed by atoms with E-state index < -0.39 is 0 Å². The largest absolute Gasteiger partial charge is 0.497 e. The summed E-state index contributed by atoms with van der Waals surface area (Å²) in [6.45, 7) is 6.77. The highest BCUT2D eigenvalue weighted by molar-refractivity contribution is 7.97. The molecule has 2 aromatic rings. The molecule has 1 aromatic carbocycles.